The highest BCUT2D eigenvalue weighted by Gasteiger charge is 2.30. The summed E-state index contributed by atoms with van der Waals surface area (Å²) in [5, 5.41) is 3.26. The molecule has 7 heteroatoms. The molecule has 0 radical (unpaired) electrons. The Bertz CT molecular complexity index is 389. The molecule has 0 atom stereocenters. The molecule has 0 unspecified atom stereocenters. The lowest BCUT2D eigenvalue weighted by Gasteiger charge is -2.31. The van der Waals surface area contributed by atoms with Crippen LogP contribution < -0.4 is 5.32 Å². The minimum absolute atomic E-state index is 0.149. The Balaban J connectivity index is 2.72. The summed E-state index contributed by atoms with van der Waals surface area (Å²) in [5.41, 5.74) is 0. The Morgan fingerprint density at radius 1 is 1.37 bits per heavy atom. The summed E-state index contributed by atoms with van der Waals surface area (Å²) in [6.45, 7) is 5.99. The van der Waals surface area contributed by atoms with E-state index in [9.17, 15) is 13.2 Å². The number of esters is 1. The Morgan fingerprint density at radius 2 is 1.95 bits per heavy atom. The molecule has 0 aromatic rings. The van der Waals surface area contributed by atoms with Crippen molar-refractivity contribution in [2.24, 2.45) is 5.92 Å². The maximum atomic E-state index is 12.2. The SMILES string of the molecule is COC(=O)CS(=O)(=O)N(CC1CCNCC1)C(C)C. The van der Waals surface area contributed by atoms with E-state index in [1.54, 1.807) is 0 Å². The summed E-state index contributed by atoms with van der Waals surface area (Å²) in [6, 6.07) is -0.149. The second-order valence-corrected chi connectivity index (χ2v) is 7.11. The van der Waals surface area contributed by atoms with Crippen LogP contribution in [0, 0.1) is 5.92 Å². The average Bonchev–Trinajstić information content (AvgIpc) is 2.36. The summed E-state index contributed by atoms with van der Waals surface area (Å²) in [7, 11) is -2.40. The molecule has 6 nitrogen and oxygen atoms in total. The number of hydrogen-bond donors (Lipinski definition) is 1. The predicted molar refractivity (Wildman–Crippen MR) is 73.2 cm³/mol. The molecule has 112 valence electrons. The van der Waals surface area contributed by atoms with Crippen LogP contribution in [0.5, 0.6) is 0 Å². The average molecular weight is 292 g/mol. The number of carbonyl (C=O) groups is 1. The van der Waals surface area contributed by atoms with E-state index in [4.69, 9.17) is 0 Å². The van der Waals surface area contributed by atoms with E-state index in [-0.39, 0.29) is 6.04 Å². The van der Waals surface area contributed by atoms with Gasteiger partial charge in [-0.2, -0.15) is 4.31 Å². The molecule has 19 heavy (non-hydrogen) atoms. The molecule has 0 amide bonds. The molecule has 1 rings (SSSR count). The van der Waals surface area contributed by atoms with Gasteiger partial charge in [-0.25, -0.2) is 8.42 Å². The summed E-state index contributed by atoms with van der Waals surface area (Å²) in [5.74, 6) is -0.931. The van der Waals surface area contributed by atoms with Crippen molar-refractivity contribution in [3.05, 3.63) is 0 Å². The molecular formula is C12H24N2O4S. The van der Waals surface area contributed by atoms with Gasteiger partial charge in [-0.3, -0.25) is 4.79 Å². The minimum atomic E-state index is -3.59. The number of nitrogens with zero attached hydrogens (tertiary/aromatic N) is 1. The number of piperidine rings is 1. The van der Waals surface area contributed by atoms with E-state index in [1.165, 1.54) is 11.4 Å². The van der Waals surface area contributed by atoms with E-state index >= 15 is 0 Å². The number of sulfonamides is 1. The van der Waals surface area contributed by atoms with Crippen molar-refractivity contribution in [1.82, 2.24) is 9.62 Å². The quantitative estimate of drug-likeness (QED) is 0.708. The van der Waals surface area contributed by atoms with Gasteiger partial charge >= 0.3 is 5.97 Å². The van der Waals surface area contributed by atoms with Gasteiger partial charge in [0.25, 0.3) is 0 Å². The molecule has 1 heterocycles. The molecule has 0 bridgehead atoms. The second kappa shape index (κ2) is 7.21. The van der Waals surface area contributed by atoms with Crippen LogP contribution in [0.2, 0.25) is 0 Å². The smallest absolute Gasteiger partial charge is 0.322 e. The summed E-state index contributed by atoms with van der Waals surface area (Å²) in [4.78, 5) is 11.2. The van der Waals surface area contributed by atoms with Crippen LogP contribution in [0.15, 0.2) is 0 Å². The first-order valence-electron chi connectivity index (χ1n) is 6.64. The van der Waals surface area contributed by atoms with Gasteiger partial charge in [-0.15, -0.1) is 0 Å². The summed E-state index contributed by atoms with van der Waals surface area (Å²) in [6.07, 6.45) is 1.94. The number of nitrogens with one attached hydrogen (secondary N) is 1. The fraction of sp³-hybridized carbons (Fsp3) is 0.917. The van der Waals surface area contributed by atoms with Gasteiger partial charge in [0.15, 0.2) is 5.75 Å². The van der Waals surface area contributed by atoms with Gasteiger partial charge in [0.2, 0.25) is 10.0 Å². The molecule has 0 spiro atoms. The van der Waals surface area contributed by atoms with Gasteiger partial charge in [-0.1, -0.05) is 0 Å². The molecule has 0 aromatic heterocycles. The highest BCUT2D eigenvalue weighted by Crippen LogP contribution is 2.18. The number of rotatable bonds is 6. The van der Waals surface area contributed by atoms with E-state index in [0.29, 0.717) is 12.5 Å². The van der Waals surface area contributed by atoms with Crippen LogP contribution in [-0.4, -0.2) is 57.2 Å². The molecule has 1 fully saturated rings. The Kier molecular flexibility index (Phi) is 6.22. The molecule has 0 aliphatic carbocycles. The molecule has 1 N–H and O–H groups in total. The molecule has 0 saturated carbocycles. The van der Waals surface area contributed by atoms with Crippen molar-refractivity contribution >= 4 is 16.0 Å². The largest absolute Gasteiger partial charge is 0.468 e. The third-order valence-electron chi connectivity index (χ3n) is 3.36. The molecule has 1 saturated heterocycles. The zero-order valence-electron chi connectivity index (χ0n) is 11.9. The molecule has 1 aliphatic heterocycles. The lowest BCUT2D eigenvalue weighted by molar-refractivity contribution is -0.137. The normalized spacial score (nSPS) is 17.9. The number of hydrogen-bond acceptors (Lipinski definition) is 5. The fourth-order valence-corrected chi connectivity index (χ4v) is 3.92. The highest BCUT2D eigenvalue weighted by molar-refractivity contribution is 7.89. The van der Waals surface area contributed by atoms with Gasteiger partial charge < -0.3 is 10.1 Å². The minimum Gasteiger partial charge on any atom is -0.468 e. The Labute approximate surface area is 115 Å². The zero-order chi connectivity index (χ0) is 14.5. The zero-order valence-corrected chi connectivity index (χ0v) is 12.7. The van der Waals surface area contributed by atoms with Crippen molar-refractivity contribution in [3.8, 4) is 0 Å². The maximum Gasteiger partial charge on any atom is 0.322 e. The maximum absolute atomic E-state index is 12.2. The van der Waals surface area contributed by atoms with Crippen molar-refractivity contribution in [2.75, 3.05) is 32.5 Å². The number of carbonyl (C=O) groups excluding carboxylic acids is 1. The number of ether oxygens (including phenoxy) is 1. The van der Waals surface area contributed by atoms with Gasteiger partial charge in [0, 0.05) is 12.6 Å². The summed E-state index contributed by atoms with van der Waals surface area (Å²) >= 11 is 0. The van der Waals surface area contributed by atoms with Crippen LogP contribution in [0.3, 0.4) is 0 Å². The molecule has 1 aliphatic rings. The number of methoxy groups -OCH3 is 1. The monoisotopic (exact) mass is 292 g/mol. The van der Waals surface area contributed by atoms with Crippen molar-refractivity contribution in [2.45, 2.75) is 32.7 Å². The predicted octanol–water partition coefficient (Wildman–Crippen LogP) is 0.199. The van der Waals surface area contributed by atoms with E-state index < -0.39 is 21.7 Å². The highest BCUT2D eigenvalue weighted by atomic mass is 32.2. The van der Waals surface area contributed by atoms with Crippen molar-refractivity contribution in [1.29, 1.82) is 0 Å². The van der Waals surface area contributed by atoms with Crippen molar-refractivity contribution in [3.63, 3.8) is 0 Å². The first kappa shape index (κ1) is 16.4. The van der Waals surface area contributed by atoms with Crippen LogP contribution in [0.1, 0.15) is 26.7 Å². The summed E-state index contributed by atoms with van der Waals surface area (Å²) < 4.78 is 30.3. The topological polar surface area (TPSA) is 75.7 Å². The Hall–Kier alpha value is -0.660. The van der Waals surface area contributed by atoms with Gasteiger partial charge in [0.05, 0.1) is 7.11 Å². The van der Waals surface area contributed by atoms with Gasteiger partial charge in [-0.05, 0) is 45.7 Å². The van der Waals surface area contributed by atoms with Crippen LogP contribution in [0.25, 0.3) is 0 Å². The third-order valence-corrected chi connectivity index (χ3v) is 5.24. The van der Waals surface area contributed by atoms with E-state index in [1.807, 2.05) is 13.8 Å². The standard InChI is InChI=1S/C12H24N2O4S/c1-10(2)14(8-11-4-6-13-7-5-11)19(16,17)9-12(15)18-3/h10-11,13H,4-9H2,1-3H3. The third kappa shape index (κ3) is 5.08. The van der Waals surface area contributed by atoms with Crippen LogP contribution in [-0.2, 0) is 19.6 Å². The lowest BCUT2D eigenvalue weighted by atomic mass is 9.98. The first-order chi connectivity index (χ1) is 8.86. The molecule has 0 aromatic carbocycles. The van der Waals surface area contributed by atoms with E-state index in [2.05, 4.69) is 10.1 Å². The van der Waals surface area contributed by atoms with Crippen LogP contribution >= 0.6 is 0 Å². The fourth-order valence-electron chi connectivity index (χ4n) is 2.26. The van der Waals surface area contributed by atoms with Gasteiger partial charge in [0.1, 0.15) is 0 Å². The van der Waals surface area contributed by atoms with E-state index in [0.717, 1.165) is 25.9 Å². The van der Waals surface area contributed by atoms with Crippen molar-refractivity contribution < 1.29 is 17.9 Å². The lowest BCUT2D eigenvalue weighted by Crippen LogP contribution is -2.45. The Morgan fingerprint density at radius 3 is 2.42 bits per heavy atom. The van der Waals surface area contributed by atoms with Crippen LogP contribution in [0.4, 0.5) is 0 Å². The first-order valence-corrected chi connectivity index (χ1v) is 8.24. The second-order valence-electron chi connectivity index (χ2n) is 5.19. The molecular weight excluding hydrogens is 268 g/mol.